The predicted octanol–water partition coefficient (Wildman–Crippen LogP) is 6.92. The monoisotopic (exact) mass is 358 g/mol. The fourth-order valence-electron chi connectivity index (χ4n) is 2.73. The van der Waals surface area contributed by atoms with Crippen molar-refractivity contribution in [1.29, 1.82) is 0 Å². The lowest BCUT2D eigenvalue weighted by Crippen LogP contribution is -2.15. The smallest absolute Gasteiger partial charge is 0.0406 e. The molecule has 0 amide bonds. The Bertz CT molecular complexity index is 372. The lowest BCUT2D eigenvalue weighted by atomic mass is 9.80. The summed E-state index contributed by atoms with van der Waals surface area (Å²) in [6.07, 6.45) is 3.77. The van der Waals surface area contributed by atoms with Crippen LogP contribution >= 0.6 is 27.5 Å². The molecular formula is C18H28BrCl. The number of hydrogen-bond donors (Lipinski definition) is 0. The van der Waals surface area contributed by atoms with Gasteiger partial charge in [-0.3, -0.25) is 0 Å². The van der Waals surface area contributed by atoms with Gasteiger partial charge in [-0.2, -0.15) is 0 Å². The Morgan fingerprint density at radius 3 is 2.05 bits per heavy atom. The van der Waals surface area contributed by atoms with E-state index in [2.05, 4.69) is 55.8 Å². The molecule has 0 saturated carbocycles. The van der Waals surface area contributed by atoms with E-state index in [1.807, 2.05) is 12.1 Å². The highest BCUT2D eigenvalue weighted by atomic mass is 79.9. The number of rotatable bonds is 8. The van der Waals surface area contributed by atoms with E-state index >= 15 is 0 Å². The highest BCUT2D eigenvalue weighted by Gasteiger charge is 2.18. The topological polar surface area (TPSA) is 0 Å². The van der Waals surface area contributed by atoms with Crippen LogP contribution < -0.4 is 0 Å². The first-order valence-corrected chi connectivity index (χ1v) is 9.27. The first-order chi connectivity index (χ1) is 9.45. The summed E-state index contributed by atoms with van der Waals surface area (Å²) in [5.74, 6) is 3.01. The van der Waals surface area contributed by atoms with Crippen LogP contribution in [0.4, 0.5) is 0 Å². The predicted molar refractivity (Wildman–Crippen MR) is 95.0 cm³/mol. The summed E-state index contributed by atoms with van der Waals surface area (Å²) >= 11 is 9.58. The Kier molecular flexibility index (Phi) is 8.21. The molecule has 1 aromatic rings. The first kappa shape index (κ1) is 18.0. The van der Waals surface area contributed by atoms with Gasteiger partial charge >= 0.3 is 0 Å². The molecule has 3 atom stereocenters. The average Bonchev–Trinajstić information content (AvgIpc) is 2.43. The third kappa shape index (κ3) is 5.77. The second-order valence-electron chi connectivity index (χ2n) is 6.38. The van der Waals surface area contributed by atoms with Crippen LogP contribution in [0, 0.1) is 17.8 Å². The molecule has 0 bridgehead atoms. The van der Waals surface area contributed by atoms with Gasteiger partial charge in [0.25, 0.3) is 0 Å². The zero-order valence-electron chi connectivity index (χ0n) is 13.2. The van der Waals surface area contributed by atoms with Gasteiger partial charge in [0, 0.05) is 10.4 Å². The van der Waals surface area contributed by atoms with Crippen LogP contribution in [0.25, 0.3) is 0 Å². The van der Waals surface area contributed by atoms with Crippen LogP contribution in [0.2, 0.25) is 5.02 Å². The molecule has 0 heterocycles. The van der Waals surface area contributed by atoms with Gasteiger partial charge in [-0.1, -0.05) is 67.4 Å². The zero-order valence-corrected chi connectivity index (χ0v) is 15.5. The van der Waals surface area contributed by atoms with Gasteiger partial charge in [-0.25, -0.2) is 0 Å². The molecule has 0 spiro atoms. The van der Waals surface area contributed by atoms with Crippen molar-refractivity contribution >= 4 is 27.5 Å². The van der Waals surface area contributed by atoms with Gasteiger partial charge in [0.05, 0.1) is 0 Å². The van der Waals surface area contributed by atoms with Gasteiger partial charge in [-0.15, -0.1) is 0 Å². The third-order valence-electron chi connectivity index (χ3n) is 4.72. The van der Waals surface area contributed by atoms with Gasteiger partial charge in [0.2, 0.25) is 0 Å². The van der Waals surface area contributed by atoms with Gasteiger partial charge in [0.1, 0.15) is 0 Å². The van der Waals surface area contributed by atoms with Crippen molar-refractivity contribution in [3.63, 3.8) is 0 Å². The molecule has 0 fully saturated rings. The molecule has 20 heavy (non-hydrogen) atoms. The highest BCUT2D eigenvalue weighted by Crippen LogP contribution is 2.31. The quantitative estimate of drug-likeness (QED) is 0.442. The second kappa shape index (κ2) is 9.10. The van der Waals surface area contributed by atoms with Crippen molar-refractivity contribution in [3.05, 3.63) is 34.9 Å². The molecule has 0 aliphatic carbocycles. The summed E-state index contributed by atoms with van der Waals surface area (Å²) in [7, 11) is 0. The Hall–Kier alpha value is -0.0100. The molecule has 0 aliphatic heterocycles. The average molecular weight is 360 g/mol. The maximum Gasteiger partial charge on any atom is 0.0406 e. The molecule has 2 heteroatoms. The molecule has 0 nitrogen and oxygen atoms in total. The van der Waals surface area contributed by atoms with Crippen molar-refractivity contribution in [2.45, 2.75) is 52.9 Å². The molecule has 0 radical (unpaired) electrons. The minimum Gasteiger partial charge on any atom is -0.0928 e. The molecule has 0 N–H and O–H groups in total. The summed E-state index contributed by atoms with van der Waals surface area (Å²) in [5.41, 5.74) is 1.43. The lowest BCUT2D eigenvalue weighted by molar-refractivity contribution is 0.271. The molecule has 3 unspecified atom stereocenters. The van der Waals surface area contributed by atoms with E-state index < -0.39 is 0 Å². The highest BCUT2D eigenvalue weighted by molar-refractivity contribution is 9.09. The van der Waals surface area contributed by atoms with E-state index in [0.29, 0.717) is 5.92 Å². The van der Waals surface area contributed by atoms with Gasteiger partial charge in [-0.05, 0) is 60.6 Å². The molecule has 114 valence electrons. The summed E-state index contributed by atoms with van der Waals surface area (Å²) < 4.78 is 0. The van der Waals surface area contributed by atoms with Crippen LogP contribution in [0.5, 0.6) is 0 Å². The molecule has 0 aliphatic rings. The minimum absolute atomic E-state index is 0.647. The Balaban J connectivity index is 2.61. The van der Waals surface area contributed by atoms with E-state index in [0.717, 1.165) is 28.1 Å². The van der Waals surface area contributed by atoms with Gasteiger partial charge < -0.3 is 0 Å². The molecular weight excluding hydrogens is 332 g/mol. The summed E-state index contributed by atoms with van der Waals surface area (Å²) in [6.45, 7) is 9.45. The molecule has 0 saturated heterocycles. The Morgan fingerprint density at radius 2 is 1.55 bits per heavy atom. The third-order valence-corrected chi connectivity index (χ3v) is 5.43. The first-order valence-electron chi connectivity index (χ1n) is 7.77. The molecule has 1 rings (SSSR count). The zero-order chi connectivity index (χ0) is 15.1. The summed E-state index contributed by atoms with van der Waals surface area (Å²) in [5, 5.41) is 1.89. The van der Waals surface area contributed by atoms with E-state index in [9.17, 15) is 0 Å². The number of benzene rings is 1. The van der Waals surface area contributed by atoms with E-state index in [-0.39, 0.29) is 0 Å². The summed E-state index contributed by atoms with van der Waals surface area (Å²) in [6, 6.07) is 8.40. The van der Waals surface area contributed by atoms with Crippen LogP contribution in [0.1, 0.15) is 58.4 Å². The van der Waals surface area contributed by atoms with E-state index in [1.54, 1.807) is 0 Å². The maximum atomic E-state index is 5.99. The largest absolute Gasteiger partial charge is 0.0928 e. The maximum absolute atomic E-state index is 5.99. The fourth-order valence-corrected chi connectivity index (χ4v) is 3.41. The standard InChI is InChI=1S/C18H28BrCl/c1-13(2)15(4)14(3)5-6-17(11-12-19)16-7-9-18(20)10-8-16/h7-10,13-15,17H,5-6,11-12H2,1-4H3. The molecule has 0 aromatic heterocycles. The second-order valence-corrected chi connectivity index (χ2v) is 7.61. The van der Waals surface area contributed by atoms with Crippen LogP contribution in [-0.2, 0) is 0 Å². The van der Waals surface area contributed by atoms with Crippen molar-refractivity contribution in [2.75, 3.05) is 5.33 Å². The number of hydrogen-bond acceptors (Lipinski definition) is 0. The SMILES string of the molecule is CC(C)C(C)C(C)CCC(CCBr)c1ccc(Cl)cc1. The van der Waals surface area contributed by atoms with Crippen molar-refractivity contribution < 1.29 is 0 Å². The minimum atomic E-state index is 0.647. The normalized spacial score (nSPS) is 16.1. The van der Waals surface area contributed by atoms with Crippen LogP contribution in [0.3, 0.4) is 0 Å². The number of alkyl halides is 1. The van der Waals surface area contributed by atoms with Crippen molar-refractivity contribution in [3.8, 4) is 0 Å². The molecule has 1 aromatic carbocycles. The number of halogens is 2. The Morgan fingerprint density at radius 1 is 0.950 bits per heavy atom. The van der Waals surface area contributed by atoms with Crippen molar-refractivity contribution in [2.24, 2.45) is 17.8 Å². The van der Waals surface area contributed by atoms with Crippen molar-refractivity contribution in [1.82, 2.24) is 0 Å². The van der Waals surface area contributed by atoms with Crippen LogP contribution in [-0.4, -0.2) is 5.33 Å². The van der Waals surface area contributed by atoms with Crippen LogP contribution in [0.15, 0.2) is 24.3 Å². The Labute approximate surface area is 138 Å². The van der Waals surface area contributed by atoms with E-state index in [1.165, 1.54) is 24.8 Å². The summed E-state index contributed by atoms with van der Waals surface area (Å²) in [4.78, 5) is 0. The van der Waals surface area contributed by atoms with E-state index in [4.69, 9.17) is 11.6 Å². The van der Waals surface area contributed by atoms with Gasteiger partial charge in [0.15, 0.2) is 0 Å². The fraction of sp³-hybridized carbons (Fsp3) is 0.667. The lowest BCUT2D eigenvalue weighted by Gasteiger charge is -2.25.